The molecule has 8 heteroatoms. The van der Waals surface area contributed by atoms with Gasteiger partial charge in [-0.25, -0.2) is 4.98 Å². The molecule has 0 saturated carbocycles. The molecule has 1 amide bonds. The van der Waals surface area contributed by atoms with E-state index in [9.17, 15) is 4.79 Å². The Morgan fingerprint density at radius 3 is 2.68 bits per heavy atom. The van der Waals surface area contributed by atoms with Crippen molar-refractivity contribution in [3.05, 3.63) is 35.5 Å². The standard InChI is InChI=1S/C20H27N5O2S/c1-16(20(26)25-10-12-27-13-11-25)24-8-6-23(7-9-24)14-17-15-28-19(22-17)18-4-2-3-5-21-18/h2-5,15-16H,6-14H2,1H3. The number of carbonyl (C=O) groups excluding carboxylic acids is 1. The predicted octanol–water partition coefficient (Wildman–Crippen LogP) is 1.57. The number of piperazine rings is 1. The highest BCUT2D eigenvalue weighted by Gasteiger charge is 2.29. The third kappa shape index (κ3) is 4.57. The summed E-state index contributed by atoms with van der Waals surface area (Å²) in [5.74, 6) is 0.233. The van der Waals surface area contributed by atoms with E-state index in [1.54, 1.807) is 17.5 Å². The van der Waals surface area contributed by atoms with Gasteiger partial charge >= 0.3 is 0 Å². The van der Waals surface area contributed by atoms with Crippen molar-refractivity contribution in [2.75, 3.05) is 52.5 Å². The second-order valence-electron chi connectivity index (χ2n) is 7.28. The summed E-state index contributed by atoms with van der Waals surface area (Å²) in [6.45, 7) is 9.35. The lowest BCUT2D eigenvalue weighted by atomic mass is 10.2. The monoisotopic (exact) mass is 401 g/mol. The number of aromatic nitrogens is 2. The average Bonchev–Trinajstić information content (AvgIpc) is 3.23. The van der Waals surface area contributed by atoms with Gasteiger partial charge in [-0.3, -0.25) is 19.6 Å². The summed E-state index contributed by atoms with van der Waals surface area (Å²) in [5.41, 5.74) is 2.02. The second-order valence-corrected chi connectivity index (χ2v) is 8.14. The number of ether oxygens (including phenoxy) is 1. The molecule has 28 heavy (non-hydrogen) atoms. The lowest BCUT2D eigenvalue weighted by Gasteiger charge is -2.39. The van der Waals surface area contributed by atoms with Crippen LogP contribution in [0.15, 0.2) is 29.8 Å². The van der Waals surface area contributed by atoms with E-state index in [1.165, 1.54) is 0 Å². The minimum absolute atomic E-state index is 0.0599. The van der Waals surface area contributed by atoms with Crippen molar-refractivity contribution in [2.45, 2.75) is 19.5 Å². The molecule has 2 fully saturated rings. The van der Waals surface area contributed by atoms with Crippen LogP contribution >= 0.6 is 11.3 Å². The summed E-state index contributed by atoms with van der Waals surface area (Å²) in [6, 6.07) is 5.84. The van der Waals surface area contributed by atoms with Crippen molar-refractivity contribution >= 4 is 17.2 Å². The molecule has 4 rings (SSSR count). The van der Waals surface area contributed by atoms with E-state index in [0.717, 1.165) is 49.1 Å². The van der Waals surface area contributed by atoms with Crippen molar-refractivity contribution < 1.29 is 9.53 Å². The molecule has 1 atom stereocenters. The maximum absolute atomic E-state index is 12.7. The Labute approximate surface area is 169 Å². The number of thiazole rings is 1. The number of hydrogen-bond acceptors (Lipinski definition) is 7. The van der Waals surface area contributed by atoms with E-state index in [4.69, 9.17) is 9.72 Å². The van der Waals surface area contributed by atoms with Gasteiger partial charge in [-0.2, -0.15) is 0 Å². The maximum atomic E-state index is 12.7. The summed E-state index contributed by atoms with van der Waals surface area (Å²) >= 11 is 1.65. The molecule has 2 aliphatic rings. The highest BCUT2D eigenvalue weighted by Crippen LogP contribution is 2.22. The van der Waals surface area contributed by atoms with Crippen LogP contribution in [0.25, 0.3) is 10.7 Å². The quantitative estimate of drug-likeness (QED) is 0.758. The van der Waals surface area contributed by atoms with Crippen molar-refractivity contribution in [3.63, 3.8) is 0 Å². The van der Waals surface area contributed by atoms with Gasteiger partial charge in [0.2, 0.25) is 5.91 Å². The lowest BCUT2D eigenvalue weighted by molar-refractivity contribution is -0.141. The molecular weight excluding hydrogens is 374 g/mol. The van der Waals surface area contributed by atoms with Crippen LogP contribution in [0.1, 0.15) is 12.6 Å². The van der Waals surface area contributed by atoms with Crippen molar-refractivity contribution in [3.8, 4) is 10.7 Å². The number of amides is 1. The highest BCUT2D eigenvalue weighted by atomic mass is 32.1. The number of morpholine rings is 1. The van der Waals surface area contributed by atoms with E-state index in [-0.39, 0.29) is 11.9 Å². The van der Waals surface area contributed by atoms with Gasteiger partial charge in [0.25, 0.3) is 0 Å². The van der Waals surface area contributed by atoms with Crippen molar-refractivity contribution in [1.29, 1.82) is 0 Å². The topological polar surface area (TPSA) is 61.8 Å². The van der Waals surface area contributed by atoms with Crippen LogP contribution in [0.2, 0.25) is 0 Å². The second kappa shape index (κ2) is 9.09. The first-order chi connectivity index (χ1) is 13.7. The normalized spacial score (nSPS) is 20.2. The van der Waals surface area contributed by atoms with E-state index < -0.39 is 0 Å². The molecule has 2 aromatic heterocycles. The molecular formula is C20H27N5O2S. The number of pyridine rings is 1. The Balaban J connectivity index is 1.27. The van der Waals surface area contributed by atoms with E-state index in [0.29, 0.717) is 26.3 Å². The molecule has 4 heterocycles. The first kappa shape index (κ1) is 19.4. The Kier molecular flexibility index (Phi) is 6.31. The molecule has 150 valence electrons. The zero-order valence-corrected chi connectivity index (χ0v) is 17.1. The molecule has 0 aliphatic carbocycles. The minimum Gasteiger partial charge on any atom is -0.378 e. The van der Waals surface area contributed by atoms with Crippen molar-refractivity contribution in [2.24, 2.45) is 0 Å². The average molecular weight is 402 g/mol. The first-order valence-electron chi connectivity index (χ1n) is 9.89. The summed E-state index contributed by atoms with van der Waals surface area (Å²) < 4.78 is 5.35. The van der Waals surface area contributed by atoms with Crippen LogP contribution in [0.4, 0.5) is 0 Å². The molecule has 7 nitrogen and oxygen atoms in total. The molecule has 0 N–H and O–H groups in total. The van der Waals surface area contributed by atoms with Gasteiger partial charge < -0.3 is 9.64 Å². The number of nitrogens with zero attached hydrogens (tertiary/aromatic N) is 5. The minimum atomic E-state index is -0.0599. The van der Waals surface area contributed by atoms with E-state index >= 15 is 0 Å². The lowest BCUT2D eigenvalue weighted by Crippen LogP contribution is -2.55. The number of carbonyl (C=O) groups is 1. The van der Waals surface area contributed by atoms with Crippen LogP contribution in [-0.2, 0) is 16.1 Å². The zero-order chi connectivity index (χ0) is 19.3. The van der Waals surface area contributed by atoms with Gasteiger partial charge in [0.05, 0.1) is 30.6 Å². The summed E-state index contributed by atoms with van der Waals surface area (Å²) in [7, 11) is 0. The van der Waals surface area contributed by atoms with Gasteiger partial charge in [0.15, 0.2) is 0 Å². The Hall–Kier alpha value is -1.87. The van der Waals surface area contributed by atoms with Gasteiger partial charge in [-0.1, -0.05) is 6.07 Å². The smallest absolute Gasteiger partial charge is 0.239 e. The van der Waals surface area contributed by atoms with Crippen LogP contribution in [0.5, 0.6) is 0 Å². The summed E-state index contributed by atoms with van der Waals surface area (Å²) in [4.78, 5) is 28.5. The van der Waals surface area contributed by atoms with Crippen LogP contribution < -0.4 is 0 Å². The first-order valence-corrected chi connectivity index (χ1v) is 10.8. The Morgan fingerprint density at radius 1 is 1.18 bits per heavy atom. The molecule has 2 aromatic rings. The SMILES string of the molecule is CC(C(=O)N1CCOCC1)N1CCN(Cc2csc(-c3ccccn3)n2)CC1. The Morgan fingerprint density at radius 2 is 1.96 bits per heavy atom. The fourth-order valence-electron chi connectivity index (χ4n) is 3.73. The van der Waals surface area contributed by atoms with Crippen LogP contribution in [0.3, 0.4) is 0 Å². The maximum Gasteiger partial charge on any atom is 0.239 e. The fraction of sp³-hybridized carbons (Fsp3) is 0.550. The fourth-order valence-corrected chi connectivity index (χ4v) is 4.51. The van der Waals surface area contributed by atoms with Crippen LogP contribution in [-0.4, -0.2) is 89.1 Å². The number of rotatable bonds is 5. The molecule has 0 bridgehead atoms. The van der Waals surface area contributed by atoms with Crippen molar-refractivity contribution in [1.82, 2.24) is 24.7 Å². The third-order valence-electron chi connectivity index (χ3n) is 5.46. The highest BCUT2D eigenvalue weighted by molar-refractivity contribution is 7.13. The number of hydrogen-bond donors (Lipinski definition) is 0. The van der Waals surface area contributed by atoms with Gasteiger partial charge in [-0.05, 0) is 19.1 Å². The van der Waals surface area contributed by atoms with Gasteiger partial charge in [-0.15, -0.1) is 11.3 Å². The largest absolute Gasteiger partial charge is 0.378 e. The Bertz CT molecular complexity index is 770. The van der Waals surface area contributed by atoms with Crippen LogP contribution in [0, 0.1) is 0 Å². The zero-order valence-electron chi connectivity index (χ0n) is 16.3. The molecule has 0 radical (unpaired) electrons. The van der Waals surface area contributed by atoms with Gasteiger partial charge in [0.1, 0.15) is 5.01 Å². The summed E-state index contributed by atoms with van der Waals surface area (Å²) in [5, 5.41) is 3.10. The summed E-state index contributed by atoms with van der Waals surface area (Å²) in [6.07, 6.45) is 1.80. The predicted molar refractivity (Wildman–Crippen MR) is 109 cm³/mol. The van der Waals surface area contributed by atoms with E-state index in [1.807, 2.05) is 30.0 Å². The molecule has 2 aliphatic heterocycles. The third-order valence-corrected chi connectivity index (χ3v) is 6.37. The van der Waals surface area contributed by atoms with E-state index in [2.05, 4.69) is 20.2 Å². The molecule has 1 unspecified atom stereocenters. The van der Waals surface area contributed by atoms with Gasteiger partial charge in [0, 0.05) is 57.4 Å². The molecule has 0 aromatic carbocycles. The molecule has 2 saturated heterocycles. The molecule has 0 spiro atoms.